The monoisotopic (exact) mass is 418 g/mol. The summed E-state index contributed by atoms with van der Waals surface area (Å²) in [5, 5.41) is 21.5. The van der Waals surface area contributed by atoms with Gasteiger partial charge in [0.15, 0.2) is 0 Å². The third kappa shape index (κ3) is 3.93. The molecule has 1 amide bonds. The lowest BCUT2D eigenvalue weighted by Gasteiger charge is -2.19. The number of nitriles is 1. The number of anilines is 1. The van der Waals surface area contributed by atoms with Gasteiger partial charge in [-0.1, -0.05) is 6.08 Å². The van der Waals surface area contributed by atoms with Crippen LogP contribution in [0.15, 0.2) is 41.9 Å². The maximum atomic E-state index is 13.5. The van der Waals surface area contributed by atoms with E-state index in [9.17, 15) is 22.7 Å². The van der Waals surface area contributed by atoms with Crippen molar-refractivity contribution in [1.82, 2.24) is 9.29 Å². The van der Waals surface area contributed by atoms with Crippen LogP contribution in [0.3, 0.4) is 0 Å². The molecule has 0 spiro atoms. The normalized spacial score (nSPS) is 18.8. The zero-order valence-corrected chi connectivity index (χ0v) is 16.3. The number of nitrogens with zero attached hydrogens (tertiary/aromatic N) is 2. The number of carbonyl (C=O) groups is 1. The molecule has 1 aromatic carbocycles. The van der Waals surface area contributed by atoms with E-state index in [0.29, 0.717) is 5.56 Å². The van der Waals surface area contributed by atoms with Crippen molar-refractivity contribution < 1.29 is 22.7 Å². The molecule has 2 atom stereocenters. The smallest absolute Gasteiger partial charge is 0.272 e. The number of fused-ring (bicyclic) bond motifs is 1. The second-order valence-electron chi connectivity index (χ2n) is 6.68. The number of rotatable bonds is 4. The zero-order chi connectivity index (χ0) is 21.3. The van der Waals surface area contributed by atoms with Gasteiger partial charge in [-0.15, -0.1) is 6.58 Å². The van der Waals surface area contributed by atoms with Crippen molar-refractivity contribution in [3.8, 4) is 6.07 Å². The van der Waals surface area contributed by atoms with Crippen molar-refractivity contribution in [1.29, 1.82) is 5.26 Å². The van der Waals surface area contributed by atoms with Crippen molar-refractivity contribution in [3.05, 3.63) is 59.7 Å². The Morgan fingerprint density at radius 3 is 2.93 bits per heavy atom. The third-order valence-electron chi connectivity index (χ3n) is 4.76. The summed E-state index contributed by atoms with van der Waals surface area (Å²) in [7, 11) is -2.42. The van der Waals surface area contributed by atoms with Crippen LogP contribution in [0.5, 0.6) is 0 Å². The van der Waals surface area contributed by atoms with E-state index in [1.807, 2.05) is 0 Å². The van der Waals surface area contributed by atoms with Crippen molar-refractivity contribution in [3.63, 3.8) is 0 Å². The molecule has 0 saturated carbocycles. The van der Waals surface area contributed by atoms with Crippen molar-refractivity contribution in [2.75, 3.05) is 5.32 Å². The van der Waals surface area contributed by atoms with E-state index in [2.05, 4.69) is 16.6 Å². The van der Waals surface area contributed by atoms with E-state index in [0.717, 1.165) is 6.07 Å². The van der Waals surface area contributed by atoms with Gasteiger partial charge in [-0.05, 0) is 31.0 Å². The molecule has 3 N–H and O–H groups in total. The molecular formula is C19H19FN4O4S. The molecule has 29 heavy (non-hydrogen) atoms. The molecule has 1 aromatic heterocycles. The van der Waals surface area contributed by atoms with Gasteiger partial charge in [0, 0.05) is 24.5 Å². The molecule has 0 bridgehead atoms. The fraction of sp³-hybridized carbons (Fsp3) is 0.263. The van der Waals surface area contributed by atoms with Gasteiger partial charge < -0.3 is 15.0 Å². The summed E-state index contributed by atoms with van der Waals surface area (Å²) in [5.41, 5.74) is 0.430. The lowest BCUT2D eigenvalue weighted by atomic mass is 10.0. The summed E-state index contributed by atoms with van der Waals surface area (Å²) in [6, 6.07) is 4.50. The minimum absolute atomic E-state index is 0.0410. The number of halogens is 1. The van der Waals surface area contributed by atoms with Crippen LogP contribution in [0, 0.1) is 17.1 Å². The topological polar surface area (TPSA) is 124 Å². The Morgan fingerprint density at radius 1 is 1.55 bits per heavy atom. The standard InChI is InChI=1S/C19H19FN4O4S/c1-3-16(25)15-7-5-13-17(29(27,28)23-15)10-24(2)18(13)19(26)22-12-4-6-14(20)11(8-12)9-21/h3-4,6,8,10,15-16,23,25H,1,5,7H2,2H3,(H,22,26)/t15-,16?/m1/s1. The Labute approximate surface area is 167 Å². The average molecular weight is 418 g/mol. The summed E-state index contributed by atoms with van der Waals surface area (Å²) < 4.78 is 42.8. The van der Waals surface area contributed by atoms with Gasteiger partial charge in [0.25, 0.3) is 5.91 Å². The zero-order valence-electron chi connectivity index (χ0n) is 15.5. The van der Waals surface area contributed by atoms with Crippen LogP contribution in [-0.4, -0.2) is 36.1 Å². The van der Waals surface area contributed by atoms with Crippen LogP contribution in [0.25, 0.3) is 0 Å². The maximum absolute atomic E-state index is 13.5. The van der Waals surface area contributed by atoms with Crippen molar-refractivity contribution in [2.45, 2.75) is 29.9 Å². The number of aliphatic hydroxyl groups is 1. The number of sulfonamides is 1. The third-order valence-corrected chi connectivity index (χ3v) is 6.31. The number of aromatic nitrogens is 1. The second kappa shape index (κ2) is 7.79. The molecule has 8 nitrogen and oxygen atoms in total. The van der Waals surface area contributed by atoms with Gasteiger partial charge in [0.2, 0.25) is 10.0 Å². The van der Waals surface area contributed by atoms with E-state index in [-0.39, 0.29) is 34.7 Å². The Bertz CT molecular complexity index is 1130. The van der Waals surface area contributed by atoms with Crippen LogP contribution in [0.1, 0.15) is 28.0 Å². The Kier molecular flexibility index (Phi) is 5.57. The first-order valence-electron chi connectivity index (χ1n) is 8.70. The molecule has 2 heterocycles. The number of aryl methyl sites for hydroxylation is 1. The number of aliphatic hydroxyl groups excluding tert-OH is 1. The summed E-state index contributed by atoms with van der Waals surface area (Å²) in [6.45, 7) is 3.48. The van der Waals surface area contributed by atoms with E-state index < -0.39 is 33.9 Å². The highest BCUT2D eigenvalue weighted by molar-refractivity contribution is 7.89. The lowest BCUT2D eigenvalue weighted by Crippen LogP contribution is -2.41. The first kappa shape index (κ1) is 20.7. The predicted molar refractivity (Wildman–Crippen MR) is 103 cm³/mol. The van der Waals surface area contributed by atoms with Crippen LogP contribution in [0.2, 0.25) is 0 Å². The Balaban J connectivity index is 1.97. The largest absolute Gasteiger partial charge is 0.387 e. The van der Waals surface area contributed by atoms with Gasteiger partial charge in [-0.2, -0.15) is 5.26 Å². The Hall–Kier alpha value is -3.00. The fourth-order valence-electron chi connectivity index (χ4n) is 3.32. The number of hydrogen-bond acceptors (Lipinski definition) is 5. The highest BCUT2D eigenvalue weighted by Gasteiger charge is 2.34. The van der Waals surface area contributed by atoms with Gasteiger partial charge >= 0.3 is 0 Å². The van der Waals surface area contributed by atoms with Gasteiger partial charge in [-0.3, -0.25) is 4.79 Å². The van der Waals surface area contributed by atoms with Crippen molar-refractivity contribution in [2.24, 2.45) is 7.05 Å². The average Bonchev–Trinajstić information content (AvgIpc) is 2.96. The van der Waals surface area contributed by atoms with Crippen LogP contribution in [0.4, 0.5) is 10.1 Å². The minimum atomic E-state index is -3.96. The molecule has 0 radical (unpaired) electrons. The highest BCUT2D eigenvalue weighted by Crippen LogP contribution is 2.28. The summed E-state index contributed by atoms with van der Waals surface area (Å²) >= 11 is 0. The highest BCUT2D eigenvalue weighted by atomic mass is 32.2. The number of benzene rings is 1. The number of amides is 1. The molecule has 1 aliphatic rings. The minimum Gasteiger partial charge on any atom is -0.387 e. The molecule has 2 aromatic rings. The first-order valence-corrected chi connectivity index (χ1v) is 10.2. The molecule has 10 heteroatoms. The first-order chi connectivity index (χ1) is 13.7. The van der Waals surface area contributed by atoms with Crippen LogP contribution >= 0.6 is 0 Å². The molecule has 0 saturated heterocycles. The molecule has 3 rings (SSSR count). The molecule has 1 aliphatic heterocycles. The quantitative estimate of drug-likeness (QED) is 0.648. The van der Waals surface area contributed by atoms with Crippen molar-refractivity contribution >= 4 is 21.6 Å². The van der Waals surface area contributed by atoms with Gasteiger partial charge in [0.05, 0.1) is 17.7 Å². The fourth-order valence-corrected chi connectivity index (χ4v) is 4.93. The Morgan fingerprint density at radius 2 is 2.28 bits per heavy atom. The SMILES string of the molecule is C=CC(O)[C@H]1CCc2c(cn(C)c2C(=O)Nc2ccc(F)c(C#N)c2)S(=O)(=O)N1. The van der Waals surface area contributed by atoms with Gasteiger partial charge in [0.1, 0.15) is 22.5 Å². The van der Waals surface area contributed by atoms with Crippen LogP contribution in [-0.2, 0) is 23.5 Å². The molecule has 152 valence electrons. The van der Waals surface area contributed by atoms with E-state index >= 15 is 0 Å². The van der Waals surface area contributed by atoms with E-state index in [4.69, 9.17) is 5.26 Å². The lowest BCUT2D eigenvalue weighted by molar-refractivity contribution is 0.101. The van der Waals surface area contributed by atoms with Crippen LogP contribution < -0.4 is 10.0 Å². The number of hydrogen-bond donors (Lipinski definition) is 3. The predicted octanol–water partition coefficient (Wildman–Crippen LogP) is 1.43. The van der Waals surface area contributed by atoms with E-state index in [1.165, 1.54) is 29.0 Å². The second-order valence-corrected chi connectivity index (χ2v) is 8.37. The summed E-state index contributed by atoms with van der Waals surface area (Å²) in [6.07, 6.45) is 2.01. The maximum Gasteiger partial charge on any atom is 0.272 e. The summed E-state index contributed by atoms with van der Waals surface area (Å²) in [4.78, 5) is 12.8. The molecule has 0 fully saturated rings. The number of nitrogens with one attached hydrogen (secondary N) is 2. The summed E-state index contributed by atoms with van der Waals surface area (Å²) in [5.74, 6) is -1.30. The molecule has 1 unspecified atom stereocenters. The molecular weight excluding hydrogens is 399 g/mol. The van der Waals surface area contributed by atoms with Gasteiger partial charge in [-0.25, -0.2) is 17.5 Å². The van der Waals surface area contributed by atoms with E-state index in [1.54, 1.807) is 13.1 Å². The number of carbonyl (C=O) groups excluding carboxylic acids is 1. The molecule has 0 aliphatic carbocycles.